The van der Waals surface area contributed by atoms with Gasteiger partial charge in [-0.05, 0) is 76.5 Å². The van der Waals surface area contributed by atoms with E-state index in [1.807, 2.05) is 0 Å². The van der Waals surface area contributed by atoms with Gasteiger partial charge in [0.15, 0.2) is 5.75 Å². The quantitative estimate of drug-likeness (QED) is 0.168. The molecular formula is C23H20Cl2N6O5S. The molecule has 0 aliphatic carbocycles. The minimum atomic E-state index is -4.30. The molecule has 4 aromatic rings. The van der Waals surface area contributed by atoms with Crippen LogP contribution in [0.4, 0.5) is 23.0 Å². The molecule has 0 aliphatic rings. The first-order valence-corrected chi connectivity index (χ1v) is 13.0. The molecule has 0 saturated heterocycles. The highest BCUT2D eigenvalue weighted by molar-refractivity contribution is 7.85. The molecule has 4 rings (SSSR count). The topological polar surface area (TPSA) is 159 Å². The molecule has 1 unspecified atom stereocenters. The van der Waals surface area contributed by atoms with E-state index < -0.39 is 21.8 Å². The Morgan fingerprint density at radius 2 is 1.68 bits per heavy atom. The van der Waals surface area contributed by atoms with Crippen molar-refractivity contribution in [3.63, 3.8) is 0 Å². The summed E-state index contributed by atoms with van der Waals surface area (Å²) < 4.78 is 38.0. The average molecular weight is 563 g/mol. The monoisotopic (exact) mass is 562 g/mol. The van der Waals surface area contributed by atoms with Gasteiger partial charge in [0, 0.05) is 11.1 Å². The highest BCUT2D eigenvalue weighted by Crippen LogP contribution is 2.42. The summed E-state index contributed by atoms with van der Waals surface area (Å²) in [6, 6.07) is 13.4. The van der Waals surface area contributed by atoms with Gasteiger partial charge < -0.3 is 15.2 Å². The van der Waals surface area contributed by atoms with Crippen LogP contribution < -0.4 is 10.1 Å². The highest BCUT2D eigenvalue weighted by Gasteiger charge is 2.21. The molecule has 14 heteroatoms. The maximum atomic E-state index is 11.6. The number of benzene rings is 3. The number of nitrogens with zero attached hydrogens (tertiary/aromatic N) is 5. The molecular weight excluding hydrogens is 543 g/mol. The third-order valence-electron chi connectivity index (χ3n) is 5.30. The number of para-hydroxylation sites is 1. The van der Waals surface area contributed by atoms with Crippen LogP contribution in [0.1, 0.15) is 18.4 Å². The van der Waals surface area contributed by atoms with E-state index in [2.05, 4.69) is 30.5 Å². The Hall–Kier alpha value is -3.58. The van der Waals surface area contributed by atoms with Crippen LogP contribution >= 0.6 is 23.2 Å². The van der Waals surface area contributed by atoms with Crippen molar-refractivity contribution >= 4 is 67.1 Å². The number of aromatic nitrogens is 3. The lowest BCUT2D eigenvalue weighted by Gasteiger charge is -2.17. The number of methoxy groups -OCH3 is 1. The van der Waals surface area contributed by atoms with Gasteiger partial charge in [-0.2, -0.15) is 23.4 Å². The maximum absolute atomic E-state index is 11.6. The Labute approximate surface area is 221 Å². The van der Waals surface area contributed by atoms with Crippen molar-refractivity contribution in [1.29, 1.82) is 0 Å². The van der Waals surface area contributed by atoms with E-state index in [4.69, 9.17) is 27.9 Å². The Bertz CT molecular complexity index is 1600. The van der Waals surface area contributed by atoms with E-state index in [1.54, 1.807) is 49.4 Å². The van der Waals surface area contributed by atoms with Gasteiger partial charge in [-0.25, -0.2) is 0 Å². The Morgan fingerprint density at radius 1 is 1.00 bits per heavy atom. The molecule has 11 nitrogen and oxygen atoms in total. The average Bonchev–Trinajstić information content (AvgIpc) is 2.82. The van der Waals surface area contributed by atoms with Crippen LogP contribution in [0, 0.1) is 0 Å². The molecule has 0 amide bonds. The van der Waals surface area contributed by atoms with Gasteiger partial charge in [0.1, 0.15) is 17.1 Å². The van der Waals surface area contributed by atoms with Crippen LogP contribution in [0.15, 0.2) is 58.8 Å². The molecule has 192 valence electrons. The first kappa shape index (κ1) is 26.5. The summed E-state index contributed by atoms with van der Waals surface area (Å²) in [5.41, 5.74) is 1.53. The lowest BCUT2D eigenvalue weighted by atomic mass is 9.94. The summed E-state index contributed by atoms with van der Waals surface area (Å²) in [6.07, 6.45) is 0. The third kappa shape index (κ3) is 6.41. The molecule has 0 saturated carbocycles. The predicted molar refractivity (Wildman–Crippen MR) is 141 cm³/mol. The zero-order chi connectivity index (χ0) is 26.7. The Morgan fingerprint density at radius 3 is 2.35 bits per heavy atom. The zero-order valence-corrected chi connectivity index (χ0v) is 21.8. The summed E-state index contributed by atoms with van der Waals surface area (Å²) in [5.74, 6) is -0.820. The van der Waals surface area contributed by atoms with E-state index >= 15 is 0 Å². The lowest BCUT2D eigenvalue weighted by molar-refractivity contribution is 0.416. The summed E-state index contributed by atoms with van der Waals surface area (Å²) in [5, 5.41) is 23.0. The van der Waals surface area contributed by atoms with Gasteiger partial charge in [-0.1, -0.05) is 19.1 Å². The van der Waals surface area contributed by atoms with E-state index in [9.17, 15) is 18.1 Å². The molecule has 0 fully saturated rings. The first-order chi connectivity index (χ1) is 17.5. The van der Waals surface area contributed by atoms with Gasteiger partial charge >= 0.3 is 0 Å². The number of ether oxygens (including phenoxy) is 1. The number of hydrogen-bond acceptors (Lipinski definition) is 10. The van der Waals surface area contributed by atoms with E-state index in [-0.39, 0.29) is 28.0 Å². The molecule has 1 aromatic heterocycles. The van der Waals surface area contributed by atoms with Crippen molar-refractivity contribution in [3.05, 3.63) is 64.7 Å². The van der Waals surface area contributed by atoms with Gasteiger partial charge in [0.25, 0.3) is 10.1 Å². The SMILES string of the molecule is COc1ccccc1N=Nc1cc(C(C)CS(=O)(=O)O)c2cc(Nc3nc(Cl)nc(Cl)n3)ccc2c1O. The molecule has 3 aromatic carbocycles. The Balaban J connectivity index is 1.83. The predicted octanol–water partition coefficient (Wildman–Crippen LogP) is 6.20. The van der Waals surface area contributed by atoms with Crippen molar-refractivity contribution in [2.45, 2.75) is 12.8 Å². The molecule has 0 radical (unpaired) electrons. The number of aromatic hydroxyl groups is 1. The summed E-state index contributed by atoms with van der Waals surface area (Å²) in [4.78, 5) is 11.6. The second kappa shape index (κ2) is 10.8. The van der Waals surface area contributed by atoms with Crippen LogP contribution in [-0.2, 0) is 10.1 Å². The number of fused-ring (bicyclic) bond motifs is 1. The van der Waals surface area contributed by atoms with Crippen molar-refractivity contribution in [3.8, 4) is 11.5 Å². The van der Waals surface area contributed by atoms with Gasteiger partial charge in [0.05, 0.1) is 12.9 Å². The molecule has 3 N–H and O–H groups in total. The minimum Gasteiger partial charge on any atom is -0.505 e. The van der Waals surface area contributed by atoms with E-state index in [1.165, 1.54) is 13.2 Å². The molecule has 0 spiro atoms. The van der Waals surface area contributed by atoms with Crippen LogP contribution in [0.25, 0.3) is 10.8 Å². The van der Waals surface area contributed by atoms with Gasteiger partial charge in [-0.3, -0.25) is 4.55 Å². The number of phenols is 1. The maximum Gasteiger partial charge on any atom is 0.265 e. The Kier molecular flexibility index (Phi) is 7.73. The normalized spacial score (nSPS) is 12.7. The number of phenolic OH excluding ortho intramolecular Hbond substituents is 1. The molecule has 1 atom stereocenters. The summed E-state index contributed by atoms with van der Waals surface area (Å²) in [7, 11) is -2.80. The minimum absolute atomic E-state index is 0.0864. The second-order valence-corrected chi connectivity index (χ2v) is 10.1. The standard InChI is InChI=1S/C23H20Cl2N6O5S/c1-12(11-37(33,34)35)15-10-18(31-30-17-5-3-4-6-19(17)36-2)20(32)14-8-7-13(9-16(14)15)26-23-28-21(24)27-22(25)29-23/h3-10,12,32H,11H2,1-2H3,(H,33,34,35)(H,26,27,28,29). The van der Waals surface area contributed by atoms with Crippen LogP contribution in [0.3, 0.4) is 0 Å². The van der Waals surface area contributed by atoms with Crippen molar-refractivity contribution in [1.82, 2.24) is 15.0 Å². The molecule has 0 aliphatic heterocycles. The van der Waals surface area contributed by atoms with Crippen molar-refractivity contribution in [2.75, 3.05) is 18.2 Å². The van der Waals surface area contributed by atoms with E-state index in [0.717, 1.165) is 0 Å². The number of halogens is 2. The number of hydrogen-bond donors (Lipinski definition) is 3. The van der Waals surface area contributed by atoms with Crippen LogP contribution in [-0.4, -0.2) is 45.9 Å². The van der Waals surface area contributed by atoms with Crippen molar-refractivity contribution < 1.29 is 22.8 Å². The number of rotatable bonds is 8. The smallest absolute Gasteiger partial charge is 0.265 e. The number of nitrogens with one attached hydrogen (secondary N) is 1. The summed E-state index contributed by atoms with van der Waals surface area (Å²) >= 11 is 11.7. The lowest BCUT2D eigenvalue weighted by Crippen LogP contribution is -2.11. The fourth-order valence-electron chi connectivity index (χ4n) is 3.72. The third-order valence-corrected chi connectivity index (χ3v) is 6.56. The second-order valence-electron chi connectivity index (χ2n) is 7.94. The van der Waals surface area contributed by atoms with Crippen LogP contribution in [0.5, 0.6) is 11.5 Å². The number of azo groups is 1. The van der Waals surface area contributed by atoms with Crippen molar-refractivity contribution in [2.24, 2.45) is 10.2 Å². The van der Waals surface area contributed by atoms with Gasteiger partial charge in [0.2, 0.25) is 16.5 Å². The number of anilines is 2. The molecule has 1 heterocycles. The van der Waals surface area contributed by atoms with E-state index in [0.29, 0.717) is 33.5 Å². The van der Waals surface area contributed by atoms with Gasteiger partial charge in [-0.15, -0.1) is 10.2 Å². The largest absolute Gasteiger partial charge is 0.505 e. The fourth-order valence-corrected chi connectivity index (χ4v) is 4.89. The summed E-state index contributed by atoms with van der Waals surface area (Å²) in [6.45, 7) is 1.63. The first-order valence-electron chi connectivity index (χ1n) is 10.7. The fraction of sp³-hybridized carbons (Fsp3) is 0.174. The molecule has 0 bridgehead atoms. The van der Waals surface area contributed by atoms with Crippen LogP contribution in [0.2, 0.25) is 10.6 Å². The molecule has 37 heavy (non-hydrogen) atoms. The highest BCUT2D eigenvalue weighted by atomic mass is 35.5. The zero-order valence-electron chi connectivity index (χ0n) is 19.4.